The molecule has 2 heterocycles. The molecule has 1 fully saturated rings. The molecule has 152 valence electrons. The molecule has 0 saturated carbocycles. The lowest BCUT2D eigenvalue weighted by Crippen LogP contribution is -2.48. The van der Waals surface area contributed by atoms with E-state index in [9.17, 15) is 13.6 Å². The van der Waals surface area contributed by atoms with Gasteiger partial charge in [-0.15, -0.1) is 12.4 Å². The van der Waals surface area contributed by atoms with Crippen LogP contribution in [0.25, 0.3) is 0 Å². The summed E-state index contributed by atoms with van der Waals surface area (Å²) in [6.45, 7) is 3.09. The minimum atomic E-state index is -1.38. The van der Waals surface area contributed by atoms with Crippen molar-refractivity contribution in [3.8, 4) is 0 Å². The fourth-order valence-electron chi connectivity index (χ4n) is 3.03. The molecule has 0 spiro atoms. The maximum absolute atomic E-state index is 15.0. The lowest BCUT2D eigenvalue weighted by Gasteiger charge is -2.36. The summed E-state index contributed by atoms with van der Waals surface area (Å²) in [5.74, 6) is -0.833. The Labute approximate surface area is 173 Å². The first-order valence-electron chi connectivity index (χ1n) is 8.79. The number of halogens is 4. The monoisotopic (exact) mass is 430 g/mol. The van der Waals surface area contributed by atoms with Crippen LogP contribution >= 0.6 is 24.0 Å². The number of amides is 1. The second kappa shape index (κ2) is 9.58. The summed E-state index contributed by atoms with van der Waals surface area (Å²) in [7, 11) is 0. The molecule has 9 heteroatoms. The van der Waals surface area contributed by atoms with Gasteiger partial charge in [-0.25, -0.2) is 8.78 Å². The van der Waals surface area contributed by atoms with Gasteiger partial charge in [0.15, 0.2) is 0 Å². The van der Waals surface area contributed by atoms with Crippen molar-refractivity contribution in [2.45, 2.75) is 32.0 Å². The molecule has 2 aromatic rings. The zero-order chi connectivity index (χ0) is 19.4. The molecular weight excluding hydrogens is 409 g/mol. The number of piperidine rings is 1. The van der Waals surface area contributed by atoms with Crippen LogP contribution in [0.15, 0.2) is 30.3 Å². The van der Waals surface area contributed by atoms with Crippen LogP contribution in [0.2, 0.25) is 5.02 Å². The zero-order valence-electron chi connectivity index (χ0n) is 15.4. The number of aryl methyl sites for hydroxylation is 1. The molecule has 0 atom stereocenters. The smallest absolute Gasteiger partial charge is 0.253 e. The molecular formula is C19H22Cl2F2N4O. The van der Waals surface area contributed by atoms with Gasteiger partial charge in [0.05, 0.1) is 16.4 Å². The highest BCUT2D eigenvalue weighted by molar-refractivity contribution is 6.31. The van der Waals surface area contributed by atoms with E-state index in [0.717, 1.165) is 17.5 Å². The molecule has 0 bridgehead atoms. The third kappa shape index (κ3) is 5.59. The maximum Gasteiger partial charge on any atom is 0.253 e. The number of alkyl halides is 1. The molecule has 3 rings (SSSR count). The van der Waals surface area contributed by atoms with Crippen LogP contribution in [0.4, 0.5) is 8.78 Å². The standard InChI is InChI=1S/C19H21ClF2N4O.ClH/c1-13-2-4-15(25-24-13)11-23-12-19(22)6-8-26(9-7-19)18(27)14-3-5-17(21)16(20)10-14;/h2-5,10,23H,6-9,11-12H2,1H3;1H. The van der Waals surface area contributed by atoms with E-state index in [0.29, 0.717) is 25.2 Å². The van der Waals surface area contributed by atoms with E-state index in [1.807, 2.05) is 19.1 Å². The Morgan fingerprint density at radius 2 is 1.96 bits per heavy atom. The number of benzene rings is 1. The third-order valence-corrected chi connectivity index (χ3v) is 5.00. The van der Waals surface area contributed by atoms with Crippen LogP contribution in [0.5, 0.6) is 0 Å². The summed E-state index contributed by atoms with van der Waals surface area (Å²) in [4.78, 5) is 14.1. The predicted octanol–water partition coefficient (Wildman–Crippen LogP) is 3.73. The first-order valence-corrected chi connectivity index (χ1v) is 9.17. The largest absolute Gasteiger partial charge is 0.338 e. The third-order valence-electron chi connectivity index (χ3n) is 4.71. The van der Waals surface area contributed by atoms with Gasteiger partial charge in [-0.05, 0) is 37.3 Å². The van der Waals surface area contributed by atoms with Crippen molar-refractivity contribution in [2.24, 2.45) is 0 Å². The van der Waals surface area contributed by atoms with Gasteiger partial charge in [0.1, 0.15) is 11.5 Å². The lowest BCUT2D eigenvalue weighted by atomic mass is 9.92. The molecule has 1 aliphatic heterocycles. The van der Waals surface area contributed by atoms with Crippen LogP contribution < -0.4 is 5.32 Å². The first-order chi connectivity index (χ1) is 12.9. The van der Waals surface area contributed by atoms with Gasteiger partial charge in [0.2, 0.25) is 0 Å². The number of carbonyl (C=O) groups excluding carboxylic acids is 1. The number of hydrogen-bond acceptors (Lipinski definition) is 4. The highest BCUT2D eigenvalue weighted by Gasteiger charge is 2.35. The molecule has 1 aromatic carbocycles. The van der Waals surface area contributed by atoms with Crippen LogP contribution in [0, 0.1) is 12.7 Å². The van der Waals surface area contributed by atoms with Crippen molar-refractivity contribution >= 4 is 29.9 Å². The Bertz CT molecular complexity index is 812. The summed E-state index contributed by atoms with van der Waals surface area (Å²) in [6.07, 6.45) is 0.473. The minimum absolute atomic E-state index is 0. The van der Waals surface area contributed by atoms with E-state index in [1.54, 1.807) is 4.90 Å². The Balaban J connectivity index is 0.00000280. The van der Waals surface area contributed by atoms with E-state index in [2.05, 4.69) is 15.5 Å². The molecule has 1 N–H and O–H groups in total. The SMILES string of the molecule is Cc1ccc(CNCC2(F)CCN(C(=O)c3ccc(F)c(Cl)c3)CC2)nn1.Cl. The fraction of sp³-hybridized carbons (Fsp3) is 0.421. The average molecular weight is 431 g/mol. The van der Waals surface area contributed by atoms with Gasteiger partial charge in [0.25, 0.3) is 5.91 Å². The first kappa shape index (κ1) is 22.5. The Kier molecular flexibility index (Phi) is 7.69. The van der Waals surface area contributed by atoms with Crippen molar-refractivity contribution in [2.75, 3.05) is 19.6 Å². The molecule has 1 amide bonds. The molecule has 1 saturated heterocycles. The van der Waals surface area contributed by atoms with Crippen molar-refractivity contribution in [1.29, 1.82) is 0 Å². The highest BCUT2D eigenvalue weighted by atomic mass is 35.5. The molecule has 0 unspecified atom stereocenters. The Hall–Kier alpha value is -1.83. The van der Waals surface area contributed by atoms with Crippen LogP contribution in [0.1, 0.15) is 34.6 Å². The summed E-state index contributed by atoms with van der Waals surface area (Å²) < 4.78 is 28.2. The summed E-state index contributed by atoms with van der Waals surface area (Å²) in [6, 6.07) is 7.58. The summed E-state index contributed by atoms with van der Waals surface area (Å²) in [5, 5.41) is 11.0. The number of nitrogens with zero attached hydrogens (tertiary/aromatic N) is 3. The van der Waals surface area contributed by atoms with Gasteiger partial charge in [-0.1, -0.05) is 11.6 Å². The molecule has 0 aliphatic carbocycles. The van der Waals surface area contributed by atoms with Crippen molar-refractivity contribution in [1.82, 2.24) is 20.4 Å². The van der Waals surface area contributed by atoms with Crippen molar-refractivity contribution in [3.05, 3.63) is 58.1 Å². The predicted molar refractivity (Wildman–Crippen MR) is 106 cm³/mol. The van der Waals surface area contributed by atoms with E-state index < -0.39 is 11.5 Å². The average Bonchev–Trinajstić information content (AvgIpc) is 2.66. The summed E-state index contributed by atoms with van der Waals surface area (Å²) >= 11 is 5.73. The molecule has 5 nitrogen and oxygen atoms in total. The second-order valence-corrected chi connectivity index (χ2v) is 7.25. The molecule has 1 aromatic heterocycles. The van der Waals surface area contributed by atoms with Gasteiger partial charge < -0.3 is 10.2 Å². The normalized spacial score (nSPS) is 15.8. The van der Waals surface area contributed by atoms with Gasteiger partial charge in [0, 0.05) is 44.6 Å². The summed E-state index contributed by atoms with van der Waals surface area (Å²) in [5.41, 5.74) is 0.518. The number of likely N-dealkylation sites (tertiary alicyclic amines) is 1. The maximum atomic E-state index is 15.0. The quantitative estimate of drug-likeness (QED) is 0.784. The number of carbonyl (C=O) groups is 1. The molecule has 28 heavy (non-hydrogen) atoms. The van der Waals surface area contributed by atoms with Crippen LogP contribution in [0.3, 0.4) is 0 Å². The Morgan fingerprint density at radius 3 is 2.57 bits per heavy atom. The number of rotatable bonds is 5. The number of hydrogen-bond donors (Lipinski definition) is 1. The molecule has 0 radical (unpaired) electrons. The van der Waals surface area contributed by atoms with Gasteiger partial charge >= 0.3 is 0 Å². The zero-order valence-corrected chi connectivity index (χ0v) is 17.0. The van der Waals surface area contributed by atoms with E-state index in [4.69, 9.17) is 11.6 Å². The van der Waals surface area contributed by atoms with Crippen molar-refractivity contribution in [3.63, 3.8) is 0 Å². The number of nitrogens with one attached hydrogen (secondary N) is 1. The van der Waals surface area contributed by atoms with Gasteiger partial charge in [-0.3, -0.25) is 4.79 Å². The number of aromatic nitrogens is 2. The second-order valence-electron chi connectivity index (χ2n) is 6.84. The van der Waals surface area contributed by atoms with Gasteiger partial charge in [-0.2, -0.15) is 10.2 Å². The lowest BCUT2D eigenvalue weighted by molar-refractivity contribution is 0.0434. The van der Waals surface area contributed by atoms with E-state index in [1.165, 1.54) is 12.1 Å². The Morgan fingerprint density at radius 1 is 1.25 bits per heavy atom. The van der Waals surface area contributed by atoms with E-state index >= 15 is 0 Å². The highest BCUT2D eigenvalue weighted by Crippen LogP contribution is 2.27. The molecule has 1 aliphatic rings. The fourth-order valence-corrected chi connectivity index (χ4v) is 3.22. The topological polar surface area (TPSA) is 58.1 Å². The van der Waals surface area contributed by atoms with E-state index in [-0.39, 0.29) is 42.7 Å². The van der Waals surface area contributed by atoms with Crippen LogP contribution in [-0.2, 0) is 6.54 Å². The minimum Gasteiger partial charge on any atom is -0.338 e. The van der Waals surface area contributed by atoms with Crippen molar-refractivity contribution < 1.29 is 13.6 Å². The van der Waals surface area contributed by atoms with Crippen LogP contribution in [-0.4, -0.2) is 46.3 Å².